The lowest BCUT2D eigenvalue weighted by molar-refractivity contribution is 0.117. The van der Waals surface area contributed by atoms with E-state index in [9.17, 15) is 4.39 Å². The molecular weight excluding hydrogens is 289 g/mol. The first-order valence-electron chi connectivity index (χ1n) is 7.10. The molecule has 2 rings (SSSR count). The van der Waals surface area contributed by atoms with Crippen LogP contribution in [0.4, 0.5) is 4.39 Å². The molecule has 0 aliphatic carbocycles. The lowest BCUT2D eigenvalue weighted by atomic mass is 10.1. The van der Waals surface area contributed by atoms with Gasteiger partial charge in [0.05, 0.1) is 18.1 Å². The van der Waals surface area contributed by atoms with Gasteiger partial charge in [0.2, 0.25) is 0 Å². The summed E-state index contributed by atoms with van der Waals surface area (Å²) >= 11 is 5.04. The van der Waals surface area contributed by atoms with Crippen LogP contribution in [-0.2, 0) is 6.54 Å². The van der Waals surface area contributed by atoms with Crippen LogP contribution in [0.5, 0.6) is 5.75 Å². The van der Waals surface area contributed by atoms with Crippen molar-refractivity contribution in [3.8, 4) is 5.75 Å². The maximum atomic E-state index is 14.1. The molecule has 0 radical (unpaired) electrons. The van der Waals surface area contributed by atoms with Crippen molar-refractivity contribution in [2.24, 2.45) is 5.73 Å². The van der Waals surface area contributed by atoms with E-state index in [1.54, 1.807) is 6.07 Å². The molecule has 0 bridgehead atoms. The van der Waals surface area contributed by atoms with Crippen LogP contribution in [0, 0.1) is 5.82 Å². The maximum absolute atomic E-state index is 14.1. The first kappa shape index (κ1) is 16.1. The highest BCUT2D eigenvalue weighted by atomic mass is 32.1. The van der Waals surface area contributed by atoms with Crippen molar-refractivity contribution in [1.29, 1.82) is 0 Å². The number of benzene rings is 1. The van der Waals surface area contributed by atoms with E-state index in [0.717, 1.165) is 26.2 Å². The van der Waals surface area contributed by atoms with Crippen molar-refractivity contribution < 1.29 is 9.13 Å². The molecule has 1 heterocycles. The Morgan fingerprint density at radius 3 is 2.62 bits per heavy atom. The van der Waals surface area contributed by atoms with Gasteiger partial charge in [0.25, 0.3) is 0 Å². The standard InChI is InChI=1S/C15H22FN3OS/c1-11(15(17)21)19-8-6-18(7-9-19)10-12-4-3-5-13(20-2)14(12)16/h3-5,11H,6-10H2,1-2H3,(H2,17,21). The molecule has 4 nitrogen and oxygen atoms in total. The highest BCUT2D eigenvalue weighted by Crippen LogP contribution is 2.21. The van der Waals surface area contributed by atoms with E-state index < -0.39 is 0 Å². The summed E-state index contributed by atoms with van der Waals surface area (Å²) in [4.78, 5) is 5.03. The Bertz CT molecular complexity index is 504. The molecule has 1 fully saturated rings. The minimum Gasteiger partial charge on any atom is -0.494 e. The molecular formula is C15H22FN3OS. The molecule has 0 saturated carbocycles. The molecule has 0 spiro atoms. The van der Waals surface area contributed by atoms with Crippen LogP contribution in [0.2, 0.25) is 0 Å². The summed E-state index contributed by atoms with van der Waals surface area (Å²) in [7, 11) is 1.48. The Hall–Kier alpha value is -1.24. The van der Waals surface area contributed by atoms with E-state index >= 15 is 0 Å². The lowest BCUT2D eigenvalue weighted by Gasteiger charge is -2.37. The summed E-state index contributed by atoms with van der Waals surface area (Å²) in [6, 6.07) is 5.39. The largest absolute Gasteiger partial charge is 0.494 e. The molecule has 6 heteroatoms. The third-order valence-electron chi connectivity index (χ3n) is 4.02. The van der Waals surface area contributed by atoms with E-state index in [0.29, 0.717) is 22.8 Å². The molecule has 21 heavy (non-hydrogen) atoms. The molecule has 0 amide bonds. The van der Waals surface area contributed by atoms with Gasteiger partial charge in [-0.25, -0.2) is 4.39 Å². The second kappa shape index (κ2) is 7.15. The highest BCUT2D eigenvalue weighted by Gasteiger charge is 2.23. The first-order chi connectivity index (χ1) is 10.0. The Morgan fingerprint density at radius 1 is 1.38 bits per heavy atom. The molecule has 1 aliphatic rings. The molecule has 1 aromatic rings. The fourth-order valence-corrected chi connectivity index (χ4v) is 2.71. The van der Waals surface area contributed by atoms with Gasteiger partial charge in [-0.1, -0.05) is 24.4 Å². The smallest absolute Gasteiger partial charge is 0.169 e. The van der Waals surface area contributed by atoms with Crippen LogP contribution in [0.3, 0.4) is 0 Å². The number of piperazine rings is 1. The van der Waals surface area contributed by atoms with Crippen molar-refractivity contribution in [1.82, 2.24) is 9.80 Å². The van der Waals surface area contributed by atoms with Crippen LogP contribution in [0.1, 0.15) is 12.5 Å². The average molecular weight is 311 g/mol. The number of thiocarbonyl (C=S) groups is 1. The van der Waals surface area contributed by atoms with Gasteiger partial charge < -0.3 is 10.5 Å². The summed E-state index contributed by atoms with van der Waals surface area (Å²) in [6.07, 6.45) is 0. The zero-order valence-electron chi connectivity index (χ0n) is 12.5. The lowest BCUT2D eigenvalue weighted by Crippen LogP contribution is -2.52. The number of nitrogens with zero attached hydrogens (tertiary/aromatic N) is 2. The predicted octanol–water partition coefficient (Wildman–Crippen LogP) is 1.63. The predicted molar refractivity (Wildman–Crippen MR) is 86.0 cm³/mol. The number of nitrogens with two attached hydrogens (primary N) is 1. The average Bonchev–Trinajstić information content (AvgIpc) is 2.49. The van der Waals surface area contributed by atoms with Crippen LogP contribution >= 0.6 is 12.2 Å². The van der Waals surface area contributed by atoms with Gasteiger partial charge in [-0.15, -0.1) is 0 Å². The minimum absolute atomic E-state index is 0.121. The van der Waals surface area contributed by atoms with Gasteiger partial charge >= 0.3 is 0 Å². The van der Waals surface area contributed by atoms with Crippen LogP contribution in [0.25, 0.3) is 0 Å². The molecule has 1 aliphatic heterocycles. The number of hydrogen-bond acceptors (Lipinski definition) is 4. The SMILES string of the molecule is COc1cccc(CN2CCN(C(C)C(N)=S)CC2)c1F. The molecule has 1 aromatic carbocycles. The number of rotatable bonds is 5. The number of ether oxygens (including phenoxy) is 1. The molecule has 2 N–H and O–H groups in total. The zero-order chi connectivity index (χ0) is 15.4. The molecule has 0 aromatic heterocycles. The van der Waals surface area contributed by atoms with Crippen LogP contribution < -0.4 is 10.5 Å². The van der Waals surface area contributed by atoms with E-state index in [1.807, 2.05) is 19.1 Å². The van der Waals surface area contributed by atoms with Crippen LogP contribution in [-0.4, -0.2) is 54.1 Å². The third kappa shape index (κ3) is 3.90. The highest BCUT2D eigenvalue weighted by molar-refractivity contribution is 7.80. The topological polar surface area (TPSA) is 41.7 Å². The van der Waals surface area contributed by atoms with Crippen molar-refractivity contribution in [3.63, 3.8) is 0 Å². The van der Waals surface area contributed by atoms with E-state index in [1.165, 1.54) is 7.11 Å². The van der Waals surface area contributed by atoms with Gasteiger partial charge in [0.15, 0.2) is 11.6 Å². The molecule has 1 saturated heterocycles. The van der Waals surface area contributed by atoms with Gasteiger partial charge in [0.1, 0.15) is 0 Å². The fraction of sp³-hybridized carbons (Fsp3) is 0.533. The molecule has 116 valence electrons. The Kier molecular flexibility index (Phi) is 5.50. The van der Waals surface area contributed by atoms with Gasteiger partial charge in [-0.05, 0) is 13.0 Å². The summed E-state index contributed by atoms with van der Waals surface area (Å²) in [6.45, 7) is 6.17. The zero-order valence-corrected chi connectivity index (χ0v) is 13.3. The van der Waals surface area contributed by atoms with E-state index in [-0.39, 0.29) is 11.9 Å². The summed E-state index contributed by atoms with van der Waals surface area (Å²) in [5.41, 5.74) is 6.36. The van der Waals surface area contributed by atoms with Crippen LogP contribution in [0.15, 0.2) is 18.2 Å². The first-order valence-corrected chi connectivity index (χ1v) is 7.51. The normalized spacial score (nSPS) is 18.4. The quantitative estimate of drug-likeness (QED) is 0.837. The van der Waals surface area contributed by atoms with Gasteiger partial charge in [-0.3, -0.25) is 9.80 Å². The van der Waals surface area contributed by atoms with Gasteiger partial charge in [0, 0.05) is 38.3 Å². The molecule has 1 atom stereocenters. The molecule has 1 unspecified atom stereocenters. The monoisotopic (exact) mass is 311 g/mol. The summed E-state index contributed by atoms with van der Waals surface area (Å²) in [5.74, 6) is 0.0344. The Balaban J connectivity index is 1.93. The minimum atomic E-state index is -0.265. The number of halogens is 1. The van der Waals surface area contributed by atoms with Crippen molar-refractivity contribution >= 4 is 17.2 Å². The van der Waals surface area contributed by atoms with E-state index in [4.69, 9.17) is 22.7 Å². The summed E-state index contributed by atoms with van der Waals surface area (Å²) in [5, 5.41) is 0. The van der Waals surface area contributed by atoms with Crippen molar-refractivity contribution in [2.75, 3.05) is 33.3 Å². The Morgan fingerprint density at radius 2 is 2.05 bits per heavy atom. The third-order valence-corrected chi connectivity index (χ3v) is 4.36. The second-order valence-corrected chi connectivity index (χ2v) is 5.80. The summed E-state index contributed by atoms with van der Waals surface area (Å²) < 4.78 is 19.2. The van der Waals surface area contributed by atoms with E-state index in [2.05, 4.69) is 9.80 Å². The van der Waals surface area contributed by atoms with Crippen molar-refractivity contribution in [2.45, 2.75) is 19.5 Å². The number of methoxy groups -OCH3 is 1. The number of hydrogen-bond donors (Lipinski definition) is 1. The van der Waals surface area contributed by atoms with Gasteiger partial charge in [-0.2, -0.15) is 0 Å². The van der Waals surface area contributed by atoms with Crippen molar-refractivity contribution in [3.05, 3.63) is 29.6 Å². The Labute approximate surface area is 130 Å². The maximum Gasteiger partial charge on any atom is 0.169 e. The fourth-order valence-electron chi connectivity index (χ4n) is 2.57. The second-order valence-electron chi connectivity index (χ2n) is 5.32.